The number of aryl methyl sites for hydroxylation is 1. The number of benzene rings is 2. The Morgan fingerprint density at radius 1 is 1.26 bits per heavy atom. The van der Waals surface area contributed by atoms with Crippen molar-refractivity contribution in [2.45, 2.75) is 6.92 Å². The van der Waals surface area contributed by atoms with Crippen LogP contribution in [0.1, 0.15) is 16.7 Å². The maximum atomic E-state index is 12.1. The van der Waals surface area contributed by atoms with Crippen molar-refractivity contribution in [2.24, 2.45) is 4.99 Å². The Balaban J connectivity index is 1.83. The molecule has 0 N–H and O–H groups in total. The maximum absolute atomic E-state index is 12.1. The molecule has 1 aliphatic heterocycles. The van der Waals surface area contributed by atoms with Gasteiger partial charge in [0.05, 0.1) is 4.92 Å². The number of nitrogens with zero attached hydrogens (tertiary/aromatic N) is 2. The molecule has 0 spiro atoms. The molecule has 0 fully saturated rings. The van der Waals surface area contributed by atoms with Crippen molar-refractivity contribution < 1.29 is 19.2 Å². The minimum atomic E-state index is -0.576. The largest absolute Gasteiger partial charge is 0.490 e. The van der Waals surface area contributed by atoms with Crippen LogP contribution >= 0.6 is 0 Å². The zero-order valence-electron chi connectivity index (χ0n) is 14.5. The normalized spacial score (nSPS) is 14.6. The second-order valence-electron chi connectivity index (χ2n) is 5.76. The van der Waals surface area contributed by atoms with Crippen LogP contribution in [0.2, 0.25) is 0 Å². The maximum Gasteiger partial charge on any atom is 0.363 e. The first-order valence-electron chi connectivity index (χ1n) is 8.09. The number of carbonyl (C=O) groups excluding carboxylic acids is 1. The van der Waals surface area contributed by atoms with Crippen molar-refractivity contribution in [2.75, 3.05) is 6.61 Å². The van der Waals surface area contributed by atoms with E-state index in [1.807, 2.05) is 0 Å². The summed E-state index contributed by atoms with van der Waals surface area (Å²) in [5.74, 6) is 0.236. The summed E-state index contributed by atoms with van der Waals surface area (Å²) in [6.45, 7) is 5.62. The average Bonchev–Trinajstić information content (AvgIpc) is 3.01. The highest BCUT2D eigenvalue weighted by atomic mass is 16.6. The lowest BCUT2D eigenvalue weighted by atomic mass is 10.1. The summed E-state index contributed by atoms with van der Waals surface area (Å²) in [5.41, 5.74) is 1.88. The van der Waals surface area contributed by atoms with Gasteiger partial charge >= 0.3 is 5.97 Å². The molecule has 2 aromatic carbocycles. The van der Waals surface area contributed by atoms with Crippen molar-refractivity contribution in [3.05, 3.63) is 87.6 Å². The Labute approximate surface area is 155 Å². The van der Waals surface area contributed by atoms with Gasteiger partial charge in [0, 0.05) is 17.2 Å². The van der Waals surface area contributed by atoms with Crippen molar-refractivity contribution in [3.8, 4) is 5.75 Å². The SMILES string of the molecule is C=CCOc1ccc(/C=C2\N=C(c3ccc([N+](=O)[O-])c(C)c3)OC2=O)cc1. The third kappa shape index (κ3) is 4.09. The molecular formula is C20H16N2O5. The Bertz CT molecular complexity index is 974. The van der Waals surface area contributed by atoms with Crippen molar-refractivity contribution in [3.63, 3.8) is 0 Å². The fraction of sp³-hybridized carbons (Fsp3) is 0.100. The van der Waals surface area contributed by atoms with Crippen LogP contribution in [-0.4, -0.2) is 23.4 Å². The Kier molecular flexibility index (Phi) is 5.12. The number of ether oxygens (including phenoxy) is 2. The van der Waals surface area contributed by atoms with Crippen LogP contribution in [0.15, 0.2) is 65.8 Å². The van der Waals surface area contributed by atoms with E-state index in [0.29, 0.717) is 23.5 Å². The van der Waals surface area contributed by atoms with Gasteiger partial charge in [0.2, 0.25) is 5.90 Å². The van der Waals surface area contributed by atoms with E-state index < -0.39 is 10.9 Å². The molecule has 0 unspecified atom stereocenters. The van der Waals surface area contributed by atoms with Gasteiger partial charge in [0.25, 0.3) is 5.69 Å². The first kappa shape index (κ1) is 18.1. The molecule has 1 aliphatic rings. The number of aliphatic imine (C=N–C) groups is 1. The Hall–Kier alpha value is -3.74. The number of nitro groups is 1. The molecule has 0 amide bonds. The number of rotatable bonds is 6. The average molecular weight is 364 g/mol. The summed E-state index contributed by atoms with van der Waals surface area (Å²) in [5, 5.41) is 10.9. The molecule has 7 nitrogen and oxygen atoms in total. The highest BCUT2D eigenvalue weighted by Crippen LogP contribution is 2.24. The van der Waals surface area contributed by atoms with E-state index in [1.54, 1.807) is 49.4 Å². The van der Waals surface area contributed by atoms with Crippen molar-refractivity contribution >= 4 is 23.6 Å². The molecule has 0 saturated carbocycles. The van der Waals surface area contributed by atoms with E-state index in [4.69, 9.17) is 9.47 Å². The van der Waals surface area contributed by atoms with Crippen molar-refractivity contribution in [1.29, 1.82) is 0 Å². The molecule has 0 radical (unpaired) electrons. The molecule has 0 aromatic heterocycles. The molecule has 0 aliphatic carbocycles. The van der Waals surface area contributed by atoms with Gasteiger partial charge in [-0.15, -0.1) is 0 Å². The number of carbonyl (C=O) groups is 1. The predicted octanol–water partition coefficient (Wildman–Crippen LogP) is 3.81. The lowest BCUT2D eigenvalue weighted by Crippen LogP contribution is -2.06. The lowest BCUT2D eigenvalue weighted by molar-refractivity contribution is -0.385. The second kappa shape index (κ2) is 7.65. The molecule has 1 heterocycles. The van der Waals surface area contributed by atoms with Gasteiger partial charge in [-0.25, -0.2) is 9.79 Å². The van der Waals surface area contributed by atoms with Crippen LogP contribution < -0.4 is 4.74 Å². The van der Waals surface area contributed by atoms with Gasteiger partial charge in [0.1, 0.15) is 12.4 Å². The zero-order chi connectivity index (χ0) is 19.4. The third-order valence-electron chi connectivity index (χ3n) is 3.81. The topological polar surface area (TPSA) is 91.0 Å². The van der Waals surface area contributed by atoms with Gasteiger partial charge in [-0.2, -0.15) is 0 Å². The summed E-state index contributed by atoms with van der Waals surface area (Å²) < 4.78 is 10.6. The number of nitro benzene ring substituents is 1. The summed E-state index contributed by atoms with van der Waals surface area (Å²) in [6.07, 6.45) is 3.26. The highest BCUT2D eigenvalue weighted by Gasteiger charge is 2.25. The summed E-state index contributed by atoms with van der Waals surface area (Å²) in [6, 6.07) is 11.6. The van der Waals surface area contributed by atoms with Crippen LogP contribution in [0.4, 0.5) is 5.69 Å². The smallest absolute Gasteiger partial charge is 0.363 e. The van der Waals surface area contributed by atoms with Gasteiger partial charge in [-0.05, 0) is 42.8 Å². The Morgan fingerprint density at radius 2 is 2.00 bits per heavy atom. The monoisotopic (exact) mass is 364 g/mol. The summed E-state index contributed by atoms with van der Waals surface area (Å²) in [4.78, 5) is 26.7. The Morgan fingerprint density at radius 3 is 2.63 bits per heavy atom. The minimum absolute atomic E-state index is 0.00166. The van der Waals surface area contributed by atoms with Crippen LogP contribution in [0, 0.1) is 17.0 Å². The number of cyclic esters (lactones) is 1. The van der Waals surface area contributed by atoms with Crippen molar-refractivity contribution in [1.82, 2.24) is 0 Å². The van der Waals surface area contributed by atoms with Gasteiger partial charge in [0.15, 0.2) is 5.70 Å². The van der Waals surface area contributed by atoms with Crippen LogP contribution in [0.5, 0.6) is 5.75 Å². The second-order valence-corrected chi connectivity index (χ2v) is 5.76. The summed E-state index contributed by atoms with van der Waals surface area (Å²) >= 11 is 0. The summed E-state index contributed by atoms with van der Waals surface area (Å²) in [7, 11) is 0. The molecule has 136 valence electrons. The van der Waals surface area contributed by atoms with E-state index >= 15 is 0 Å². The molecule has 0 bridgehead atoms. The molecule has 7 heteroatoms. The molecule has 3 rings (SSSR count). The van der Waals surface area contributed by atoms with Gasteiger partial charge in [-0.3, -0.25) is 10.1 Å². The number of hydrogen-bond acceptors (Lipinski definition) is 6. The quantitative estimate of drug-likeness (QED) is 0.255. The van der Waals surface area contributed by atoms with Gasteiger partial charge in [-0.1, -0.05) is 24.8 Å². The predicted molar refractivity (Wildman–Crippen MR) is 101 cm³/mol. The van der Waals surface area contributed by atoms with E-state index in [0.717, 1.165) is 5.56 Å². The molecule has 0 atom stereocenters. The van der Waals surface area contributed by atoms with Crippen LogP contribution in [0.3, 0.4) is 0 Å². The zero-order valence-corrected chi connectivity index (χ0v) is 14.5. The molecule has 27 heavy (non-hydrogen) atoms. The van der Waals surface area contributed by atoms with E-state index in [2.05, 4.69) is 11.6 Å². The minimum Gasteiger partial charge on any atom is -0.490 e. The standard InChI is InChI=1S/C20H16N2O5/c1-3-10-26-16-7-4-14(5-8-16)12-17-20(23)27-19(21-17)15-6-9-18(22(24)25)13(2)11-15/h3-9,11-12H,1,10H2,2H3/b17-12-. The first-order chi connectivity index (χ1) is 13.0. The van der Waals surface area contributed by atoms with Gasteiger partial charge < -0.3 is 9.47 Å². The highest BCUT2D eigenvalue weighted by molar-refractivity contribution is 6.13. The van der Waals surface area contributed by atoms with Crippen LogP contribution in [-0.2, 0) is 9.53 Å². The first-order valence-corrected chi connectivity index (χ1v) is 8.09. The van der Waals surface area contributed by atoms with E-state index in [1.165, 1.54) is 12.1 Å². The molecule has 0 saturated heterocycles. The fourth-order valence-corrected chi connectivity index (χ4v) is 2.50. The lowest BCUT2D eigenvalue weighted by Gasteiger charge is -2.02. The van der Waals surface area contributed by atoms with Crippen LogP contribution in [0.25, 0.3) is 6.08 Å². The third-order valence-corrected chi connectivity index (χ3v) is 3.81. The molecular weight excluding hydrogens is 348 g/mol. The fourth-order valence-electron chi connectivity index (χ4n) is 2.50. The number of esters is 1. The molecule has 2 aromatic rings. The van der Waals surface area contributed by atoms with E-state index in [-0.39, 0.29) is 17.3 Å². The van der Waals surface area contributed by atoms with E-state index in [9.17, 15) is 14.9 Å². The number of hydrogen-bond donors (Lipinski definition) is 0.